The van der Waals surface area contributed by atoms with Crippen LogP contribution in [-0.4, -0.2) is 17.0 Å². The average molecular weight is 279 g/mol. The Bertz CT molecular complexity index is 896. The molecule has 0 aliphatic carbocycles. The second-order valence-electron chi connectivity index (χ2n) is 4.91. The molecule has 0 unspecified atom stereocenters. The SMILES string of the molecule is CN(Cc1ccco1)c1ncnc2c1oc1ccccc12. The molecular weight excluding hydrogens is 266 g/mol. The lowest BCUT2D eigenvalue weighted by molar-refractivity contribution is 0.506. The van der Waals surface area contributed by atoms with Gasteiger partial charge in [-0.05, 0) is 24.3 Å². The molecule has 3 heterocycles. The van der Waals surface area contributed by atoms with Gasteiger partial charge in [-0.2, -0.15) is 0 Å². The normalized spacial score (nSPS) is 11.3. The number of aromatic nitrogens is 2. The summed E-state index contributed by atoms with van der Waals surface area (Å²) in [6, 6.07) is 11.7. The number of nitrogens with zero attached hydrogens (tertiary/aromatic N) is 3. The first kappa shape index (κ1) is 12.0. The van der Waals surface area contributed by atoms with E-state index < -0.39 is 0 Å². The van der Waals surface area contributed by atoms with Gasteiger partial charge >= 0.3 is 0 Å². The van der Waals surface area contributed by atoms with Crippen LogP contribution in [0.4, 0.5) is 5.82 Å². The van der Waals surface area contributed by atoms with E-state index in [4.69, 9.17) is 8.83 Å². The molecule has 0 spiro atoms. The lowest BCUT2D eigenvalue weighted by Crippen LogP contribution is -2.17. The molecule has 0 atom stereocenters. The van der Waals surface area contributed by atoms with Crippen molar-refractivity contribution < 1.29 is 8.83 Å². The summed E-state index contributed by atoms with van der Waals surface area (Å²) in [5.41, 5.74) is 2.36. The molecule has 0 saturated heterocycles. The summed E-state index contributed by atoms with van der Waals surface area (Å²) in [6.07, 6.45) is 3.23. The molecule has 0 fully saturated rings. The minimum absolute atomic E-state index is 0.621. The Labute approximate surface area is 120 Å². The molecule has 0 amide bonds. The summed E-state index contributed by atoms with van der Waals surface area (Å²) in [6.45, 7) is 0.621. The molecule has 3 aromatic heterocycles. The fourth-order valence-corrected chi connectivity index (χ4v) is 2.49. The number of furan rings is 2. The van der Waals surface area contributed by atoms with Gasteiger partial charge in [0.05, 0.1) is 12.8 Å². The molecule has 0 aliphatic heterocycles. The highest BCUT2D eigenvalue weighted by Gasteiger charge is 2.16. The summed E-state index contributed by atoms with van der Waals surface area (Å²) >= 11 is 0. The van der Waals surface area contributed by atoms with Gasteiger partial charge in [0.25, 0.3) is 0 Å². The van der Waals surface area contributed by atoms with Crippen molar-refractivity contribution in [1.82, 2.24) is 9.97 Å². The maximum Gasteiger partial charge on any atom is 0.196 e. The van der Waals surface area contributed by atoms with E-state index in [-0.39, 0.29) is 0 Å². The number of rotatable bonds is 3. The molecule has 0 N–H and O–H groups in total. The topological polar surface area (TPSA) is 55.3 Å². The summed E-state index contributed by atoms with van der Waals surface area (Å²) < 4.78 is 11.3. The van der Waals surface area contributed by atoms with E-state index in [0.29, 0.717) is 12.1 Å². The highest BCUT2D eigenvalue weighted by molar-refractivity contribution is 6.05. The monoisotopic (exact) mass is 279 g/mol. The van der Waals surface area contributed by atoms with Crippen LogP contribution < -0.4 is 4.90 Å². The van der Waals surface area contributed by atoms with Gasteiger partial charge in [-0.15, -0.1) is 0 Å². The van der Waals surface area contributed by atoms with Crippen LogP contribution in [0.1, 0.15) is 5.76 Å². The van der Waals surface area contributed by atoms with Crippen molar-refractivity contribution in [2.45, 2.75) is 6.54 Å². The zero-order valence-electron chi connectivity index (χ0n) is 11.5. The third-order valence-corrected chi connectivity index (χ3v) is 3.47. The maximum absolute atomic E-state index is 5.93. The number of hydrogen-bond donors (Lipinski definition) is 0. The van der Waals surface area contributed by atoms with Gasteiger partial charge in [0.1, 0.15) is 23.2 Å². The van der Waals surface area contributed by atoms with Gasteiger partial charge in [0.2, 0.25) is 0 Å². The summed E-state index contributed by atoms with van der Waals surface area (Å²) in [7, 11) is 1.96. The fourth-order valence-electron chi connectivity index (χ4n) is 2.49. The highest BCUT2D eigenvalue weighted by atomic mass is 16.3. The Balaban J connectivity index is 1.84. The van der Waals surface area contributed by atoms with Crippen LogP contribution in [0.5, 0.6) is 0 Å². The van der Waals surface area contributed by atoms with Crippen molar-refractivity contribution >= 4 is 27.9 Å². The summed E-state index contributed by atoms with van der Waals surface area (Å²) in [5.74, 6) is 1.63. The van der Waals surface area contributed by atoms with Gasteiger partial charge in [-0.3, -0.25) is 0 Å². The molecular formula is C16H13N3O2. The lowest BCUT2D eigenvalue weighted by atomic mass is 10.2. The predicted molar refractivity (Wildman–Crippen MR) is 80.1 cm³/mol. The van der Waals surface area contributed by atoms with Gasteiger partial charge < -0.3 is 13.7 Å². The third-order valence-electron chi connectivity index (χ3n) is 3.47. The van der Waals surface area contributed by atoms with Crippen LogP contribution in [0.2, 0.25) is 0 Å². The van der Waals surface area contributed by atoms with Gasteiger partial charge in [0.15, 0.2) is 11.4 Å². The van der Waals surface area contributed by atoms with Crippen molar-refractivity contribution in [3.05, 3.63) is 54.7 Å². The molecule has 21 heavy (non-hydrogen) atoms. The molecule has 5 heteroatoms. The van der Waals surface area contributed by atoms with Crippen molar-refractivity contribution in [1.29, 1.82) is 0 Å². The maximum atomic E-state index is 5.93. The van der Waals surface area contributed by atoms with Crippen LogP contribution in [0.15, 0.2) is 57.8 Å². The summed E-state index contributed by atoms with van der Waals surface area (Å²) in [4.78, 5) is 10.7. The predicted octanol–water partition coefficient (Wildman–Crippen LogP) is 3.61. The van der Waals surface area contributed by atoms with E-state index in [1.165, 1.54) is 0 Å². The van der Waals surface area contributed by atoms with Gasteiger partial charge in [0, 0.05) is 12.4 Å². The smallest absolute Gasteiger partial charge is 0.196 e. The quantitative estimate of drug-likeness (QED) is 0.573. The number of benzene rings is 1. The third kappa shape index (κ3) is 1.94. The number of para-hydroxylation sites is 1. The zero-order chi connectivity index (χ0) is 14.2. The van der Waals surface area contributed by atoms with E-state index in [0.717, 1.165) is 28.1 Å². The van der Waals surface area contributed by atoms with E-state index in [9.17, 15) is 0 Å². The first-order valence-corrected chi connectivity index (χ1v) is 6.68. The van der Waals surface area contributed by atoms with E-state index in [2.05, 4.69) is 9.97 Å². The van der Waals surface area contributed by atoms with Gasteiger partial charge in [-0.25, -0.2) is 9.97 Å². The first-order valence-electron chi connectivity index (χ1n) is 6.68. The number of anilines is 1. The highest BCUT2D eigenvalue weighted by Crippen LogP contribution is 2.31. The van der Waals surface area contributed by atoms with Crippen LogP contribution in [-0.2, 0) is 6.54 Å². The Kier molecular flexibility index (Phi) is 2.64. The van der Waals surface area contributed by atoms with Crippen molar-refractivity contribution in [3.8, 4) is 0 Å². The number of fused-ring (bicyclic) bond motifs is 3. The van der Waals surface area contributed by atoms with Crippen LogP contribution in [0, 0.1) is 0 Å². The fraction of sp³-hybridized carbons (Fsp3) is 0.125. The lowest BCUT2D eigenvalue weighted by Gasteiger charge is -2.16. The molecule has 0 aliphatic rings. The van der Waals surface area contributed by atoms with Crippen molar-refractivity contribution in [2.24, 2.45) is 0 Å². The van der Waals surface area contributed by atoms with Crippen molar-refractivity contribution in [3.63, 3.8) is 0 Å². The Morgan fingerprint density at radius 1 is 1.10 bits per heavy atom. The minimum atomic E-state index is 0.621. The van der Waals surface area contributed by atoms with Crippen LogP contribution >= 0.6 is 0 Å². The second-order valence-corrected chi connectivity index (χ2v) is 4.91. The molecule has 104 valence electrons. The molecule has 0 bridgehead atoms. The Morgan fingerprint density at radius 3 is 2.86 bits per heavy atom. The van der Waals surface area contributed by atoms with Gasteiger partial charge in [-0.1, -0.05) is 12.1 Å². The molecule has 4 aromatic rings. The standard InChI is InChI=1S/C16H13N3O2/c1-19(9-11-5-4-8-20-11)16-15-14(17-10-18-16)12-6-2-3-7-13(12)21-15/h2-8,10H,9H2,1H3. The Hall–Kier alpha value is -2.82. The molecule has 5 nitrogen and oxygen atoms in total. The Morgan fingerprint density at radius 2 is 2.00 bits per heavy atom. The molecule has 4 rings (SSSR count). The average Bonchev–Trinajstić information content (AvgIpc) is 3.13. The molecule has 1 aromatic carbocycles. The second kappa shape index (κ2) is 4.63. The molecule has 0 saturated carbocycles. The summed E-state index contributed by atoms with van der Waals surface area (Å²) in [5, 5.41) is 1.00. The van der Waals surface area contributed by atoms with E-state index in [1.54, 1.807) is 12.6 Å². The van der Waals surface area contributed by atoms with Crippen LogP contribution in [0.25, 0.3) is 22.1 Å². The van der Waals surface area contributed by atoms with E-state index in [1.807, 2.05) is 48.3 Å². The van der Waals surface area contributed by atoms with E-state index >= 15 is 0 Å². The largest absolute Gasteiger partial charge is 0.467 e. The molecule has 0 radical (unpaired) electrons. The first-order chi connectivity index (χ1) is 10.3. The minimum Gasteiger partial charge on any atom is -0.467 e. The van der Waals surface area contributed by atoms with Crippen molar-refractivity contribution in [2.75, 3.05) is 11.9 Å². The zero-order valence-corrected chi connectivity index (χ0v) is 11.5. The van der Waals surface area contributed by atoms with Crippen LogP contribution in [0.3, 0.4) is 0 Å². The number of hydrogen-bond acceptors (Lipinski definition) is 5.